The van der Waals surface area contributed by atoms with Crippen molar-refractivity contribution < 1.29 is 4.74 Å². The van der Waals surface area contributed by atoms with Gasteiger partial charge in [0.25, 0.3) is 0 Å². The summed E-state index contributed by atoms with van der Waals surface area (Å²) in [5, 5.41) is 4.60. The highest BCUT2D eigenvalue weighted by Gasteiger charge is 2.20. The molecule has 0 bridgehead atoms. The smallest absolute Gasteiger partial charge is 0.119 e. The van der Waals surface area contributed by atoms with Crippen LogP contribution in [-0.4, -0.2) is 13.7 Å². The largest absolute Gasteiger partial charge is 0.497 e. The lowest BCUT2D eigenvalue weighted by atomic mass is 9.87. The molecular weight excluding hydrogens is 306 g/mol. The van der Waals surface area contributed by atoms with Gasteiger partial charge >= 0.3 is 0 Å². The van der Waals surface area contributed by atoms with E-state index in [2.05, 4.69) is 35.6 Å². The lowest BCUT2D eigenvalue weighted by Crippen LogP contribution is -2.26. The van der Waals surface area contributed by atoms with E-state index < -0.39 is 0 Å². The van der Waals surface area contributed by atoms with Gasteiger partial charge in [-0.25, -0.2) is 0 Å². The van der Waals surface area contributed by atoms with Crippen LogP contribution in [0.1, 0.15) is 42.0 Å². The van der Waals surface area contributed by atoms with E-state index in [0.717, 1.165) is 30.2 Å². The van der Waals surface area contributed by atoms with Crippen LogP contribution in [0.15, 0.2) is 42.5 Å². The molecule has 1 aliphatic carbocycles. The van der Waals surface area contributed by atoms with E-state index in [4.69, 9.17) is 16.3 Å². The van der Waals surface area contributed by atoms with E-state index in [0.29, 0.717) is 6.04 Å². The first-order chi connectivity index (χ1) is 11.3. The molecule has 3 rings (SSSR count). The number of hydrogen-bond donors (Lipinski definition) is 1. The number of hydrogen-bond acceptors (Lipinski definition) is 2. The third-order valence-electron chi connectivity index (χ3n) is 4.64. The Bertz CT molecular complexity index is 656. The average molecular weight is 330 g/mol. The molecule has 0 saturated heterocycles. The van der Waals surface area contributed by atoms with Crippen LogP contribution in [0.5, 0.6) is 5.75 Å². The van der Waals surface area contributed by atoms with Crippen molar-refractivity contribution in [2.75, 3.05) is 13.7 Å². The summed E-state index contributed by atoms with van der Waals surface area (Å²) in [7, 11) is 1.73. The molecular formula is C20H24ClNO. The zero-order valence-electron chi connectivity index (χ0n) is 13.6. The minimum atomic E-state index is 0.445. The molecule has 0 amide bonds. The molecule has 1 N–H and O–H groups in total. The Morgan fingerprint density at radius 2 is 2.09 bits per heavy atom. The van der Waals surface area contributed by atoms with E-state index in [1.807, 2.05) is 12.1 Å². The van der Waals surface area contributed by atoms with Crippen molar-refractivity contribution in [1.82, 2.24) is 5.32 Å². The van der Waals surface area contributed by atoms with E-state index >= 15 is 0 Å². The molecule has 2 nitrogen and oxygen atoms in total. The molecule has 23 heavy (non-hydrogen) atoms. The second-order valence-corrected chi connectivity index (χ2v) is 6.57. The summed E-state index contributed by atoms with van der Waals surface area (Å²) in [5.41, 5.74) is 4.11. The van der Waals surface area contributed by atoms with Crippen LogP contribution in [0.2, 0.25) is 5.02 Å². The van der Waals surface area contributed by atoms with Gasteiger partial charge in [-0.15, -0.1) is 0 Å². The van der Waals surface area contributed by atoms with Crippen LogP contribution in [0.3, 0.4) is 0 Å². The van der Waals surface area contributed by atoms with E-state index in [1.54, 1.807) is 7.11 Å². The topological polar surface area (TPSA) is 21.3 Å². The first kappa shape index (κ1) is 16.4. The van der Waals surface area contributed by atoms with Crippen molar-refractivity contribution in [2.24, 2.45) is 0 Å². The number of nitrogens with one attached hydrogen (secondary N) is 1. The second kappa shape index (κ2) is 7.85. The lowest BCUT2D eigenvalue weighted by molar-refractivity contribution is 0.408. The second-order valence-electron chi connectivity index (χ2n) is 6.16. The van der Waals surface area contributed by atoms with E-state index in [9.17, 15) is 0 Å². The third-order valence-corrected chi connectivity index (χ3v) is 5.01. The van der Waals surface area contributed by atoms with Crippen LogP contribution in [-0.2, 0) is 12.8 Å². The fourth-order valence-corrected chi connectivity index (χ4v) is 3.60. The predicted molar refractivity (Wildman–Crippen MR) is 96.4 cm³/mol. The normalized spacial score (nSPS) is 16.9. The molecule has 0 unspecified atom stereocenters. The summed E-state index contributed by atoms with van der Waals surface area (Å²) in [6, 6.07) is 15.0. The fraction of sp³-hybridized carbons (Fsp3) is 0.400. The molecule has 0 heterocycles. The molecule has 2 aromatic carbocycles. The van der Waals surface area contributed by atoms with E-state index in [1.165, 1.54) is 36.0 Å². The summed E-state index contributed by atoms with van der Waals surface area (Å²) in [5.74, 6) is 0.952. The summed E-state index contributed by atoms with van der Waals surface area (Å²) in [4.78, 5) is 0. The van der Waals surface area contributed by atoms with Crippen LogP contribution in [0.4, 0.5) is 0 Å². The number of fused-ring (bicyclic) bond motifs is 1. The van der Waals surface area contributed by atoms with Gasteiger partial charge in [0.15, 0.2) is 0 Å². The minimum absolute atomic E-state index is 0.445. The highest BCUT2D eigenvalue weighted by Crippen LogP contribution is 2.32. The Balaban J connectivity index is 1.56. The van der Waals surface area contributed by atoms with Gasteiger partial charge in [-0.05, 0) is 73.5 Å². The number of halogens is 1. The van der Waals surface area contributed by atoms with Crippen molar-refractivity contribution in [3.63, 3.8) is 0 Å². The first-order valence-corrected chi connectivity index (χ1v) is 8.79. The van der Waals surface area contributed by atoms with Crippen molar-refractivity contribution in [2.45, 2.75) is 38.1 Å². The Kier molecular flexibility index (Phi) is 5.58. The van der Waals surface area contributed by atoms with Gasteiger partial charge < -0.3 is 10.1 Å². The van der Waals surface area contributed by atoms with Gasteiger partial charge in [0, 0.05) is 11.1 Å². The predicted octanol–water partition coefficient (Wildman–Crippen LogP) is 4.95. The summed E-state index contributed by atoms with van der Waals surface area (Å²) in [6.45, 7) is 1.01. The molecule has 3 heteroatoms. The standard InChI is InChI=1S/C20H24ClNO/c1-23-17-12-11-15-7-4-10-20(18(15)14-17)22-13-5-8-16-6-2-3-9-19(16)21/h2-3,6,9,11-12,14,20,22H,4-5,7-8,10,13H2,1H3/t20-/m1/s1. The van der Waals surface area contributed by atoms with E-state index in [-0.39, 0.29) is 0 Å². The number of rotatable bonds is 6. The maximum absolute atomic E-state index is 6.22. The third kappa shape index (κ3) is 4.07. The highest BCUT2D eigenvalue weighted by atomic mass is 35.5. The molecule has 1 aliphatic rings. The average Bonchev–Trinajstić information content (AvgIpc) is 2.59. The van der Waals surface area contributed by atoms with Crippen molar-refractivity contribution >= 4 is 11.6 Å². The SMILES string of the molecule is COc1ccc2c(c1)[C@H](NCCCc1ccccc1Cl)CCC2. The zero-order chi connectivity index (χ0) is 16.1. The monoisotopic (exact) mass is 329 g/mol. The Morgan fingerprint density at radius 1 is 1.22 bits per heavy atom. The number of methoxy groups -OCH3 is 1. The Hall–Kier alpha value is -1.51. The van der Waals surface area contributed by atoms with Gasteiger partial charge in [-0.2, -0.15) is 0 Å². The van der Waals surface area contributed by atoms with Gasteiger partial charge in [0.2, 0.25) is 0 Å². The minimum Gasteiger partial charge on any atom is -0.497 e. The van der Waals surface area contributed by atoms with Gasteiger partial charge in [0.1, 0.15) is 5.75 Å². The lowest BCUT2D eigenvalue weighted by Gasteiger charge is -2.27. The summed E-state index contributed by atoms with van der Waals surface area (Å²) in [6.07, 6.45) is 5.74. The molecule has 1 atom stereocenters. The molecule has 0 spiro atoms. The maximum atomic E-state index is 6.22. The Labute approximate surface area is 143 Å². The highest BCUT2D eigenvalue weighted by molar-refractivity contribution is 6.31. The Morgan fingerprint density at radius 3 is 2.91 bits per heavy atom. The number of ether oxygens (including phenoxy) is 1. The van der Waals surface area contributed by atoms with Gasteiger partial charge in [0.05, 0.1) is 7.11 Å². The van der Waals surface area contributed by atoms with Gasteiger partial charge in [-0.3, -0.25) is 0 Å². The summed E-state index contributed by atoms with van der Waals surface area (Å²) < 4.78 is 5.38. The van der Waals surface area contributed by atoms with Gasteiger partial charge in [-0.1, -0.05) is 35.9 Å². The maximum Gasteiger partial charge on any atom is 0.119 e. The van der Waals surface area contributed by atoms with Crippen LogP contribution in [0, 0.1) is 0 Å². The molecule has 0 saturated carbocycles. The van der Waals surface area contributed by atoms with Crippen molar-refractivity contribution in [3.05, 3.63) is 64.2 Å². The molecule has 122 valence electrons. The van der Waals surface area contributed by atoms with Crippen LogP contribution >= 0.6 is 11.6 Å². The van der Waals surface area contributed by atoms with Crippen LogP contribution in [0.25, 0.3) is 0 Å². The number of benzene rings is 2. The quantitative estimate of drug-likeness (QED) is 0.757. The summed E-state index contributed by atoms with van der Waals surface area (Å²) >= 11 is 6.22. The van der Waals surface area contributed by atoms with Crippen LogP contribution < -0.4 is 10.1 Å². The molecule has 0 fully saturated rings. The van der Waals surface area contributed by atoms with Crippen molar-refractivity contribution in [1.29, 1.82) is 0 Å². The first-order valence-electron chi connectivity index (χ1n) is 8.41. The molecule has 0 aromatic heterocycles. The number of aryl methyl sites for hydroxylation is 2. The van der Waals surface area contributed by atoms with Crippen molar-refractivity contribution in [3.8, 4) is 5.75 Å². The molecule has 0 aliphatic heterocycles. The molecule has 0 radical (unpaired) electrons. The fourth-order valence-electron chi connectivity index (χ4n) is 3.37. The zero-order valence-corrected chi connectivity index (χ0v) is 14.4. The molecule has 2 aromatic rings.